The number of pyridine rings is 1. The summed E-state index contributed by atoms with van der Waals surface area (Å²) in [6.07, 6.45) is 1.89. The Morgan fingerprint density at radius 1 is 1.03 bits per heavy atom. The van der Waals surface area contributed by atoms with E-state index in [0.717, 1.165) is 5.69 Å². The number of likely N-dealkylation sites (tertiary alicyclic amines) is 1. The van der Waals surface area contributed by atoms with Crippen LogP contribution in [0, 0.1) is 5.92 Å². The van der Waals surface area contributed by atoms with E-state index in [4.69, 9.17) is 4.74 Å². The third-order valence-corrected chi connectivity index (χ3v) is 4.78. The fraction of sp³-hybridized carbons (Fsp3) is 0.174. The molecule has 0 spiro atoms. The summed E-state index contributed by atoms with van der Waals surface area (Å²) in [7, 11) is 0. The molecule has 1 saturated heterocycles. The van der Waals surface area contributed by atoms with Crippen LogP contribution in [0.5, 0.6) is 11.5 Å². The minimum absolute atomic E-state index is 0.0374. The number of benzene rings is 2. The van der Waals surface area contributed by atoms with Crippen LogP contribution in [-0.4, -0.2) is 28.2 Å². The number of aromatic nitrogens is 1. The van der Waals surface area contributed by atoms with Gasteiger partial charge in [-0.3, -0.25) is 14.6 Å². The van der Waals surface area contributed by atoms with E-state index >= 15 is 0 Å². The molecule has 1 aliphatic heterocycles. The van der Waals surface area contributed by atoms with E-state index in [2.05, 4.69) is 10.3 Å². The van der Waals surface area contributed by atoms with Gasteiger partial charge < -0.3 is 15.0 Å². The average molecular weight is 387 g/mol. The number of ether oxygens (including phenoxy) is 1. The number of para-hydroxylation sites is 3. The SMILES string of the molecule is O=C(Nc1ccccc1Oc1ccccc1)C1CC(=O)N(Cc2ccccn2)C1. The van der Waals surface area contributed by atoms with Crippen molar-refractivity contribution < 1.29 is 14.3 Å². The van der Waals surface area contributed by atoms with Crippen molar-refractivity contribution in [1.29, 1.82) is 0 Å². The average Bonchev–Trinajstić information content (AvgIpc) is 3.11. The molecule has 1 fully saturated rings. The highest BCUT2D eigenvalue weighted by Crippen LogP contribution is 2.30. The smallest absolute Gasteiger partial charge is 0.229 e. The molecule has 2 amide bonds. The molecule has 6 nitrogen and oxygen atoms in total. The number of hydrogen-bond donors (Lipinski definition) is 1. The van der Waals surface area contributed by atoms with Crippen LogP contribution >= 0.6 is 0 Å². The molecule has 0 radical (unpaired) electrons. The summed E-state index contributed by atoms with van der Waals surface area (Å²) < 4.78 is 5.89. The van der Waals surface area contributed by atoms with Crippen LogP contribution < -0.4 is 10.1 Å². The van der Waals surface area contributed by atoms with Crippen LogP contribution in [-0.2, 0) is 16.1 Å². The largest absolute Gasteiger partial charge is 0.455 e. The molecule has 1 unspecified atom stereocenters. The van der Waals surface area contributed by atoms with Crippen molar-refractivity contribution in [2.75, 3.05) is 11.9 Å². The van der Waals surface area contributed by atoms with E-state index in [-0.39, 0.29) is 18.2 Å². The maximum absolute atomic E-state index is 12.8. The highest BCUT2D eigenvalue weighted by atomic mass is 16.5. The van der Waals surface area contributed by atoms with Crippen molar-refractivity contribution in [3.63, 3.8) is 0 Å². The molecule has 0 aliphatic carbocycles. The lowest BCUT2D eigenvalue weighted by atomic mass is 10.1. The van der Waals surface area contributed by atoms with Crippen LogP contribution in [0.2, 0.25) is 0 Å². The minimum Gasteiger partial charge on any atom is -0.455 e. The number of anilines is 1. The van der Waals surface area contributed by atoms with Gasteiger partial charge in [0, 0.05) is 19.2 Å². The normalized spacial score (nSPS) is 15.9. The van der Waals surface area contributed by atoms with E-state index in [9.17, 15) is 9.59 Å². The Morgan fingerprint density at radius 2 is 1.79 bits per heavy atom. The summed E-state index contributed by atoms with van der Waals surface area (Å²) in [4.78, 5) is 31.1. The molecule has 1 atom stereocenters. The van der Waals surface area contributed by atoms with Crippen LogP contribution in [0.15, 0.2) is 79.0 Å². The molecule has 1 aromatic heterocycles. The van der Waals surface area contributed by atoms with Crippen molar-refractivity contribution in [1.82, 2.24) is 9.88 Å². The van der Waals surface area contributed by atoms with Gasteiger partial charge in [-0.05, 0) is 36.4 Å². The zero-order chi connectivity index (χ0) is 20.1. The van der Waals surface area contributed by atoms with Crippen LogP contribution in [0.4, 0.5) is 5.69 Å². The Kier molecular flexibility index (Phi) is 5.52. The number of carbonyl (C=O) groups excluding carboxylic acids is 2. The maximum atomic E-state index is 12.8. The lowest BCUT2D eigenvalue weighted by molar-refractivity contribution is -0.128. The summed E-state index contributed by atoms with van der Waals surface area (Å²) >= 11 is 0. The second kappa shape index (κ2) is 8.56. The van der Waals surface area contributed by atoms with Gasteiger partial charge in [0.2, 0.25) is 11.8 Å². The van der Waals surface area contributed by atoms with Gasteiger partial charge in [-0.1, -0.05) is 36.4 Å². The molecule has 146 valence electrons. The molecule has 1 N–H and O–H groups in total. The van der Waals surface area contributed by atoms with Crippen LogP contribution in [0.1, 0.15) is 12.1 Å². The molecule has 4 rings (SSSR count). The first-order valence-corrected chi connectivity index (χ1v) is 9.49. The Balaban J connectivity index is 1.42. The number of hydrogen-bond acceptors (Lipinski definition) is 4. The van der Waals surface area contributed by atoms with E-state index in [1.165, 1.54) is 0 Å². The predicted octanol–water partition coefficient (Wildman–Crippen LogP) is 3.86. The Labute approximate surface area is 169 Å². The van der Waals surface area contributed by atoms with Crippen molar-refractivity contribution in [3.8, 4) is 11.5 Å². The van der Waals surface area contributed by atoms with Crippen LogP contribution in [0.25, 0.3) is 0 Å². The number of carbonyl (C=O) groups is 2. The van der Waals surface area contributed by atoms with Gasteiger partial charge in [0.25, 0.3) is 0 Å². The van der Waals surface area contributed by atoms with E-state index in [1.807, 2.05) is 60.7 Å². The van der Waals surface area contributed by atoms with Gasteiger partial charge in [0.1, 0.15) is 5.75 Å². The maximum Gasteiger partial charge on any atom is 0.229 e. The second-order valence-electron chi connectivity index (χ2n) is 6.90. The first kappa shape index (κ1) is 18.7. The minimum atomic E-state index is -0.406. The van der Waals surface area contributed by atoms with Gasteiger partial charge in [-0.15, -0.1) is 0 Å². The predicted molar refractivity (Wildman–Crippen MR) is 109 cm³/mol. The molecule has 6 heteroatoms. The molecule has 3 aromatic rings. The highest BCUT2D eigenvalue weighted by molar-refractivity contribution is 5.98. The molecule has 29 heavy (non-hydrogen) atoms. The zero-order valence-corrected chi connectivity index (χ0v) is 15.8. The molecule has 0 saturated carbocycles. The van der Waals surface area contributed by atoms with Gasteiger partial charge >= 0.3 is 0 Å². The molecule has 2 heterocycles. The lowest BCUT2D eigenvalue weighted by Gasteiger charge is -2.17. The number of amides is 2. The monoisotopic (exact) mass is 387 g/mol. The van der Waals surface area contributed by atoms with E-state index in [0.29, 0.717) is 30.3 Å². The molecule has 2 aromatic carbocycles. The third-order valence-electron chi connectivity index (χ3n) is 4.78. The Bertz CT molecular complexity index is 993. The first-order valence-electron chi connectivity index (χ1n) is 9.49. The van der Waals surface area contributed by atoms with Gasteiger partial charge in [0.15, 0.2) is 5.75 Å². The fourth-order valence-electron chi connectivity index (χ4n) is 3.30. The van der Waals surface area contributed by atoms with Crippen molar-refractivity contribution in [2.45, 2.75) is 13.0 Å². The second-order valence-corrected chi connectivity index (χ2v) is 6.90. The first-order chi connectivity index (χ1) is 14.2. The van der Waals surface area contributed by atoms with E-state index in [1.54, 1.807) is 23.2 Å². The summed E-state index contributed by atoms with van der Waals surface area (Å²) in [5, 5.41) is 2.92. The summed E-state index contributed by atoms with van der Waals surface area (Å²) in [6, 6.07) is 22.3. The van der Waals surface area contributed by atoms with Crippen molar-refractivity contribution >= 4 is 17.5 Å². The van der Waals surface area contributed by atoms with Gasteiger partial charge in [-0.2, -0.15) is 0 Å². The third kappa shape index (κ3) is 4.60. The van der Waals surface area contributed by atoms with Crippen molar-refractivity contribution in [2.24, 2.45) is 5.92 Å². The number of rotatable bonds is 6. The molecule has 1 aliphatic rings. The van der Waals surface area contributed by atoms with Crippen LogP contribution in [0.3, 0.4) is 0 Å². The molecule has 0 bridgehead atoms. The van der Waals surface area contributed by atoms with Crippen molar-refractivity contribution in [3.05, 3.63) is 84.7 Å². The highest BCUT2D eigenvalue weighted by Gasteiger charge is 2.34. The lowest BCUT2D eigenvalue weighted by Crippen LogP contribution is -2.28. The van der Waals surface area contributed by atoms with Gasteiger partial charge in [-0.25, -0.2) is 0 Å². The Morgan fingerprint density at radius 3 is 2.59 bits per heavy atom. The number of nitrogens with one attached hydrogen (secondary N) is 1. The summed E-state index contributed by atoms with van der Waals surface area (Å²) in [5.41, 5.74) is 1.39. The Hall–Kier alpha value is -3.67. The topological polar surface area (TPSA) is 71.5 Å². The molecular weight excluding hydrogens is 366 g/mol. The summed E-state index contributed by atoms with van der Waals surface area (Å²) in [5.74, 6) is 0.611. The van der Waals surface area contributed by atoms with E-state index < -0.39 is 5.92 Å². The standard InChI is InChI=1S/C23H21N3O3/c27-22-14-17(15-26(22)16-18-8-6-7-13-24-18)23(28)25-20-11-4-5-12-21(20)29-19-9-2-1-3-10-19/h1-13,17H,14-16H2,(H,25,28). The molecular formula is C23H21N3O3. The fourth-order valence-corrected chi connectivity index (χ4v) is 3.30. The van der Waals surface area contributed by atoms with Gasteiger partial charge in [0.05, 0.1) is 23.8 Å². The zero-order valence-electron chi connectivity index (χ0n) is 15.8. The quantitative estimate of drug-likeness (QED) is 0.697. The summed E-state index contributed by atoms with van der Waals surface area (Å²) in [6.45, 7) is 0.792. The number of nitrogens with zero attached hydrogens (tertiary/aromatic N) is 2.